The van der Waals surface area contributed by atoms with Gasteiger partial charge in [-0.05, 0) is 19.1 Å². The first-order valence-electron chi connectivity index (χ1n) is 4.01. The van der Waals surface area contributed by atoms with E-state index in [0.29, 0.717) is 5.75 Å². The normalized spacial score (nSPS) is 14.6. The Morgan fingerprint density at radius 1 is 1.50 bits per heavy atom. The van der Waals surface area contributed by atoms with Crippen molar-refractivity contribution in [3.05, 3.63) is 0 Å². The Bertz CT molecular complexity index is 199. The second kappa shape index (κ2) is 5.83. The molecule has 0 amide bonds. The minimum atomic E-state index is -4.06. The fraction of sp³-hybridized carbons (Fsp3) is 1.00. The van der Waals surface area contributed by atoms with E-state index in [9.17, 15) is 13.0 Å². The molecule has 0 spiro atoms. The van der Waals surface area contributed by atoms with Crippen LogP contribution in [0.1, 0.15) is 26.7 Å². The molecule has 0 radical (unpaired) electrons. The van der Waals surface area contributed by atoms with E-state index in [1.54, 1.807) is 0 Å². The smallest absolute Gasteiger partial charge is 0.0980 e. The Morgan fingerprint density at radius 2 is 2.08 bits per heavy atom. The molecule has 0 aliphatic heterocycles. The van der Waals surface area contributed by atoms with Crippen molar-refractivity contribution >= 4 is 21.9 Å². The van der Waals surface area contributed by atoms with E-state index in [-0.39, 0.29) is 0 Å². The highest BCUT2D eigenvalue weighted by Gasteiger charge is 2.08. The van der Waals surface area contributed by atoms with Crippen molar-refractivity contribution in [1.29, 1.82) is 0 Å². The molecule has 0 heterocycles. The van der Waals surface area contributed by atoms with Crippen molar-refractivity contribution in [2.24, 2.45) is 0 Å². The van der Waals surface area contributed by atoms with Gasteiger partial charge in [-0.3, -0.25) is 0 Å². The lowest BCUT2D eigenvalue weighted by atomic mass is 10.4. The number of unbranched alkanes of at least 4 members (excludes halogenated alkanes) is 1. The fourth-order valence-electron chi connectivity index (χ4n) is 0.579. The first kappa shape index (κ1) is 12.3. The largest absolute Gasteiger partial charge is 0.748 e. The van der Waals surface area contributed by atoms with Crippen molar-refractivity contribution in [3.63, 3.8) is 0 Å². The summed E-state index contributed by atoms with van der Waals surface area (Å²) in [7, 11) is -4.06. The molecule has 1 unspecified atom stereocenters. The zero-order valence-corrected chi connectivity index (χ0v) is 9.08. The van der Waals surface area contributed by atoms with Crippen molar-refractivity contribution in [1.82, 2.24) is 0 Å². The maximum absolute atomic E-state index is 10.4. The Morgan fingerprint density at radius 3 is 2.50 bits per heavy atom. The molecular formula is C7H15O3S2-. The molecule has 0 aliphatic carbocycles. The summed E-state index contributed by atoms with van der Waals surface area (Å²) in [5, 5.41) is -0.751. The summed E-state index contributed by atoms with van der Waals surface area (Å²) in [5.41, 5.74) is 0. The Kier molecular flexibility index (Phi) is 5.96. The van der Waals surface area contributed by atoms with E-state index < -0.39 is 15.4 Å². The van der Waals surface area contributed by atoms with Crippen LogP contribution in [0.25, 0.3) is 0 Å². The molecule has 0 rings (SSSR count). The zero-order valence-electron chi connectivity index (χ0n) is 7.45. The first-order valence-corrected chi connectivity index (χ1v) is 6.63. The van der Waals surface area contributed by atoms with Crippen LogP contribution in [-0.4, -0.2) is 29.7 Å². The third kappa shape index (κ3) is 5.85. The van der Waals surface area contributed by atoms with E-state index in [0.717, 1.165) is 18.6 Å². The maximum Gasteiger partial charge on any atom is 0.0980 e. The van der Waals surface area contributed by atoms with Crippen LogP contribution in [0.4, 0.5) is 0 Å². The van der Waals surface area contributed by atoms with Gasteiger partial charge in [0.1, 0.15) is 0 Å². The van der Waals surface area contributed by atoms with Crippen molar-refractivity contribution in [2.75, 3.05) is 11.5 Å². The van der Waals surface area contributed by atoms with Gasteiger partial charge in [0.15, 0.2) is 0 Å². The van der Waals surface area contributed by atoms with Crippen LogP contribution in [0.3, 0.4) is 0 Å². The number of rotatable bonds is 6. The Hall–Kier alpha value is 0.260. The van der Waals surface area contributed by atoms with Crippen LogP contribution in [0.5, 0.6) is 0 Å². The molecular weight excluding hydrogens is 196 g/mol. The van der Waals surface area contributed by atoms with Gasteiger partial charge in [0.05, 0.1) is 15.4 Å². The predicted molar refractivity (Wildman–Crippen MR) is 51.4 cm³/mol. The first-order chi connectivity index (χ1) is 5.48. The molecule has 74 valence electrons. The molecule has 0 fully saturated rings. The van der Waals surface area contributed by atoms with Gasteiger partial charge in [0.25, 0.3) is 0 Å². The van der Waals surface area contributed by atoms with Gasteiger partial charge in [-0.15, -0.1) is 0 Å². The summed E-state index contributed by atoms with van der Waals surface area (Å²) in [6.45, 7) is 3.54. The van der Waals surface area contributed by atoms with Gasteiger partial charge in [-0.25, -0.2) is 8.42 Å². The Balaban J connectivity index is 3.52. The highest BCUT2D eigenvalue weighted by Crippen LogP contribution is 2.10. The molecule has 0 N–H and O–H groups in total. The van der Waals surface area contributed by atoms with E-state index >= 15 is 0 Å². The van der Waals surface area contributed by atoms with Gasteiger partial charge < -0.3 is 4.55 Å². The Labute approximate surface area is 78.7 Å². The number of thioether (sulfide) groups is 1. The van der Waals surface area contributed by atoms with Gasteiger partial charge in [-0.1, -0.05) is 13.3 Å². The fourth-order valence-corrected chi connectivity index (χ4v) is 2.53. The summed E-state index contributed by atoms with van der Waals surface area (Å²) >= 11 is 1.53. The number of hydrogen-bond donors (Lipinski definition) is 0. The molecule has 0 saturated heterocycles. The van der Waals surface area contributed by atoms with Crippen LogP contribution in [0.2, 0.25) is 0 Å². The molecule has 0 saturated carbocycles. The van der Waals surface area contributed by atoms with Crippen LogP contribution in [0.15, 0.2) is 0 Å². The number of hydrogen-bond acceptors (Lipinski definition) is 4. The summed E-state index contributed by atoms with van der Waals surface area (Å²) in [4.78, 5) is 0. The summed E-state index contributed by atoms with van der Waals surface area (Å²) in [6.07, 6.45) is 2.18. The minimum absolute atomic E-state index is 0.422. The summed E-state index contributed by atoms with van der Waals surface area (Å²) in [6, 6.07) is 0. The highest BCUT2D eigenvalue weighted by atomic mass is 32.2. The van der Waals surface area contributed by atoms with E-state index in [2.05, 4.69) is 6.92 Å². The average molecular weight is 211 g/mol. The highest BCUT2D eigenvalue weighted by molar-refractivity contribution is 8.00. The van der Waals surface area contributed by atoms with Crippen LogP contribution in [-0.2, 0) is 10.1 Å². The van der Waals surface area contributed by atoms with Crippen molar-refractivity contribution in [3.8, 4) is 0 Å². The molecule has 0 bridgehead atoms. The standard InChI is InChI=1S/C7H16O3S2/c1-3-4-5-11-6-7(2)12(8,9)10/h7H,3-6H2,1-2H3,(H,8,9,10)/p-1. The van der Waals surface area contributed by atoms with Gasteiger partial charge in [-0.2, -0.15) is 11.8 Å². The van der Waals surface area contributed by atoms with Gasteiger partial charge in [0, 0.05) is 5.75 Å². The third-order valence-electron chi connectivity index (χ3n) is 1.49. The molecule has 3 nitrogen and oxygen atoms in total. The van der Waals surface area contributed by atoms with Gasteiger partial charge >= 0.3 is 0 Å². The molecule has 0 aromatic heterocycles. The van der Waals surface area contributed by atoms with E-state index in [1.807, 2.05) is 0 Å². The maximum atomic E-state index is 10.4. The van der Waals surface area contributed by atoms with Crippen molar-refractivity contribution in [2.45, 2.75) is 31.9 Å². The molecule has 0 aromatic rings. The topological polar surface area (TPSA) is 57.2 Å². The van der Waals surface area contributed by atoms with Gasteiger partial charge in [0.2, 0.25) is 0 Å². The molecule has 0 aliphatic rings. The van der Waals surface area contributed by atoms with E-state index in [4.69, 9.17) is 0 Å². The monoisotopic (exact) mass is 211 g/mol. The predicted octanol–water partition coefficient (Wildman–Crippen LogP) is 1.45. The van der Waals surface area contributed by atoms with Crippen LogP contribution in [0, 0.1) is 0 Å². The average Bonchev–Trinajstić information content (AvgIpc) is 1.96. The van der Waals surface area contributed by atoms with E-state index in [1.165, 1.54) is 18.7 Å². The van der Waals surface area contributed by atoms with Crippen LogP contribution >= 0.6 is 11.8 Å². The van der Waals surface area contributed by atoms with Crippen molar-refractivity contribution < 1.29 is 13.0 Å². The SMILES string of the molecule is CCCCSCC(C)S(=O)(=O)[O-]. The molecule has 12 heavy (non-hydrogen) atoms. The molecule has 5 heteroatoms. The second-order valence-electron chi connectivity index (χ2n) is 2.73. The molecule has 1 atom stereocenters. The zero-order chi connectivity index (χ0) is 9.61. The minimum Gasteiger partial charge on any atom is -0.748 e. The molecule has 0 aromatic carbocycles. The quantitative estimate of drug-likeness (QED) is 0.493. The van der Waals surface area contributed by atoms with Crippen LogP contribution < -0.4 is 0 Å². The summed E-state index contributed by atoms with van der Waals surface area (Å²) < 4.78 is 31.3. The second-order valence-corrected chi connectivity index (χ2v) is 5.67. The summed E-state index contributed by atoms with van der Waals surface area (Å²) in [5.74, 6) is 1.36. The lowest BCUT2D eigenvalue weighted by molar-refractivity contribution is 0.454. The third-order valence-corrected chi connectivity index (χ3v) is 4.16. The lowest BCUT2D eigenvalue weighted by Crippen LogP contribution is -2.19. The lowest BCUT2D eigenvalue weighted by Gasteiger charge is -2.14.